The highest BCUT2D eigenvalue weighted by molar-refractivity contribution is 5.81. The second kappa shape index (κ2) is 7.02. The lowest BCUT2D eigenvalue weighted by Crippen LogP contribution is -2.04. The van der Waals surface area contributed by atoms with Crippen molar-refractivity contribution in [1.29, 1.82) is 0 Å². The summed E-state index contributed by atoms with van der Waals surface area (Å²) in [6, 6.07) is 30.3. The zero-order valence-electron chi connectivity index (χ0n) is 15.8. The van der Waals surface area contributed by atoms with Crippen molar-refractivity contribution in [2.24, 2.45) is 0 Å². The number of nitro benzene ring substituents is 1. The van der Waals surface area contributed by atoms with Crippen LogP contribution < -0.4 is 0 Å². The van der Waals surface area contributed by atoms with Crippen molar-refractivity contribution >= 4 is 5.69 Å². The molecule has 0 saturated heterocycles. The van der Waals surface area contributed by atoms with Gasteiger partial charge in [0, 0.05) is 6.07 Å². The molecule has 0 aliphatic heterocycles. The number of nitrogens with zero attached hydrogens (tertiary/aromatic N) is 1. The fraction of sp³-hybridized carbons (Fsp3) is 0.0769. The smallest absolute Gasteiger partial charge is 0.258 e. The maximum absolute atomic E-state index is 11.4. The molecular formula is C26H19NO2. The number of benzene rings is 4. The molecule has 29 heavy (non-hydrogen) atoms. The van der Waals surface area contributed by atoms with Crippen molar-refractivity contribution in [3.63, 3.8) is 0 Å². The molecule has 0 atom stereocenters. The minimum absolute atomic E-state index is 0.149. The van der Waals surface area contributed by atoms with Crippen LogP contribution in [0.5, 0.6) is 0 Å². The lowest BCUT2D eigenvalue weighted by Gasteiger charge is -2.21. The first-order valence-electron chi connectivity index (χ1n) is 9.76. The molecule has 4 aromatic rings. The first-order valence-corrected chi connectivity index (χ1v) is 9.76. The van der Waals surface area contributed by atoms with Crippen LogP contribution in [0.4, 0.5) is 5.69 Å². The molecule has 3 nitrogen and oxygen atoms in total. The predicted molar refractivity (Wildman–Crippen MR) is 117 cm³/mol. The summed E-state index contributed by atoms with van der Waals surface area (Å²) in [5, 5.41) is 11.4. The third-order valence-corrected chi connectivity index (χ3v) is 5.68. The van der Waals surface area contributed by atoms with Crippen molar-refractivity contribution in [2.75, 3.05) is 0 Å². The van der Waals surface area contributed by atoms with Crippen LogP contribution in [-0.2, 0) is 12.8 Å². The fourth-order valence-corrected chi connectivity index (χ4v) is 4.25. The van der Waals surface area contributed by atoms with Crippen LogP contribution in [-0.4, -0.2) is 4.92 Å². The van der Waals surface area contributed by atoms with E-state index < -0.39 is 0 Å². The molecule has 0 saturated carbocycles. The largest absolute Gasteiger partial charge is 0.277 e. The molecule has 0 unspecified atom stereocenters. The number of fused-ring (bicyclic) bond motifs is 3. The third kappa shape index (κ3) is 3.11. The molecule has 0 aromatic heterocycles. The van der Waals surface area contributed by atoms with Gasteiger partial charge < -0.3 is 0 Å². The second-order valence-electron chi connectivity index (χ2n) is 7.38. The highest BCUT2D eigenvalue weighted by Crippen LogP contribution is 2.39. The predicted octanol–water partition coefficient (Wildman–Crippen LogP) is 6.69. The molecule has 5 rings (SSSR count). The molecule has 1 aliphatic rings. The highest BCUT2D eigenvalue weighted by Gasteiger charge is 2.20. The first kappa shape index (κ1) is 17.4. The maximum Gasteiger partial charge on any atom is 0.277 e. The van der Waals surface area contributed by atoms with Crippen LogP contribution >= 0.6 is 0 Å². The van der Waals surface area contributed by atoms with Crippen molar-refractivity contribution < 1.29 is 4.92 Å². The van der Waals surface area contributed by atoms with Gasteiger partial charge in [0.25, 0.3) is 5.69 Å². The van der Waals surface area contributed by atoms with Crippen molar-refractivity contribution in [3.8, 4) is 33.4 Å². The quantitative estimate of drug-likeness (QED) is 0.295. The molecule has 0 fully saturated rings. The lowest BCUT2D eigenvalue weighted by atomic mass is 9.83. The summed E-state index contributed by atoms with van der Waals surface area (Å²) in [6.07, 6.45) is 1.92. The average molecular weight is 377 g/mol. The maximum atomic E-state index is 11.4. The molecule has 0 radical (unpaired) electrons. The van der Waals surface area contributed by atoms with E-state index in [1.807, 2.05) is 24.3 Å². The van der Waals surface area contributed by atoms with Gasteiger partial charge in [0.15, 0.2) is 0 Å². The van der Waals surface area contributed by atoms with E-state index in [1.54, 1.807) is 12.1 Å². The first-order chi connectivity index (χ1) is 14.2. The standard InChI is InChI=1S/C26H19NO2/c28-27(29)26-9-5-4-8-25(26)22-13-15-24-21(17-22)11-10-20-16-19(12-14-23(20)24)18-6-2-1-3-7-18/h1-9,12-17H,10-11H2. The molecule has 3 heteroatoms. The molecule has 4 aromatic carbocycles. The van der Waals surface area contributed by atoms with Crippen molar-refractivity contribution in [1.82, 2.24) is 0 Å². The molecule has 1 aliphatic carbocycles. The molecule has 0 N–H and O–H groups in total. The zero-order valence-corrected chi connectivity index (χ0v) is 15.8. The number of nitro groups is 1. The third-order valence-electron chi connectivity index (χ3n) is 5.68. The normalized spacial score (nSPS) is 12.1. The number of rotatable bonds is 3. The molecule has 0 spiro atoms. The summed E-state index contributed by atoms with van der Waals surface area (Å²) in [6.45, 7) is 0. The molecule has 140 valence electrons. The Morgan fingerprint density at radius 1 is 0.586 bits per heavy atom. The molecule has 0 bridgehead atoms. The Morgan fingerprint density at radius 2 is 1.17 bits per heavy atom. The van der Waals surface area contributed by atoms with Crippen molar-refractivity contribution in [3.05, 3.63) is 112 Å². The monoisotopic (exact) mass is 377 g/mol. The van der Waals surface area contributed by atoms with Crippen LogP contribution in [0.1, 0.15) is 11.1 Å². The Bertz CT molecular complexity index is 1230. The van der Waals surface area contributed by atoms with Crippen molar-refractivity contribution in [2.45, 2.75) is 12.8 Å². The number of aryl methyl sites for hydroxylation is 2. The van der Waals surface area contributed by atoms with Gasteiger partial charge in [-0.25, -0.2) is 0 Å². The van der Waals surface area contributed by atoms with Crippen LogP contribution in [0.3, 0.4) is 0 Å². The Balaban J connectivity index is 1.56. The van der Waals surface area contributed by atoms with Gasteiger partial charge in [0.05, 0.1) is 10.5 Å². The topological polar surface area (TPSA) is 43.1 Å². The summed E-state index contributed by atoms with van der Waals surface area (Å²) in [7, 11) is 0. The summed E-state index contributed by atoms with van der Waals surface area (Å²) in [5.41, 5.74) is 9.30. The van der Waals surface area contributed by atoms with E-state index >= 15 is 0 Å². The van der Waals surface area contributed by atoms with Crippen LogP contribution in [0, 0.1) is 10.1 Å². The van der Waals surface area contributed by atoms with E-state index in [1.165, 1.54) is 33.4 Å². The van der Waals surface area contributed by atoms with E-state index in [9.17, 15) is 10.1 Å². The second-order valence-corrected chi connectivity index (χ2v) is 7.38. The van der Waals surface area contributed by atoms with E-state index in [2.05, 4.69) is 54.6 Å². The molecule has 0 heterocycles. The minimum atomic E-state index is -0.310. The summed E-state index contributed by atoms with van der Waals surface area (Å²) < 4.78 is 0. The summed E-state index contributed by atoms with van der Waals surface area (Å²) in [4.78, 5) is 11.1. The van der Waals surface area contributed by atoms with Crippen LogP contribution in [0.2, 0.25) is 0 Å². The van der Waals surface area contributed by atoms with Gasteiger partial charge in [0.1, 0.15) is 0 Å². The van der Waals surface area contributed by atoms with Gasteiger partial charge in [-0.2, -0.15) is 0 Å². The number of para-hydroxylation sites is 1. The van der Waals surface area contributed by atoms with E-state index in [4.69, 9.17) is 0 Å². The Kier molecular flexibility index (Phi) is 4.21. The molecular weight excluding hydrogens is 358 g/mol. The number of hydrogen-bond acceptors (Lipinski definition) is 2. The Labute approximate surface area is 169 Å². The van der Waals surface area contributed by atoms with Gasteiger partial charge in [-0.1, -0.05) is 78.9 Å². The minimum Gasteiger partial charge on any atom is -0.258 e. The Hall–Kier alpha value is -3.72. The zero-order chi connectivity index (χ0) is 19.8. The Morgan fingerprint density at radius 3 is 1.86 bits per heavy atom. The van der Waals surface area contributed by atoms with Gasteiger partial charge in [-0.15, -0.1) is 0 Å². The summed E-state index contributed by atoms with van der Waals surface area (Å²) >= 11 is 0. The SMILES string of the molecule is O=[N+]([O-])c1ccccc1-c1ccc2c(c1)CCc1cc(-c3ccccc3)ccc1-2. The highest BCUT2D eigenvalue weighted by atomic mass is 16.6. The average Bonchev–Trinajstić information content (AvgIpc) is 2.78. The lowest BCUT2D eigenvalue weighted by molar-refractivity contribution is -0.384. The van der Waals surface area contributed by atoms with Gasteiger partial charge >= 0.3 is 0 Å². The van der Waals surface area contributed by atoms with Crippen LogP contribution in [0.25, 0.3) is 33.4 Å². The van der Waals surface area contributed by atoms with Crippen LogP contribution in [0.15, 0.2) is 91.0 Å². The molecule has 0 amide bonds. The fourth-order valence-electron chi connectivity index (χ4n) is 4.25. The van der Waals surface area contributed by atoms with Gasteiger partial charge in [-0.05, 0) is 57.9 Å². The van der Waals surface area contributed by atoms with E-state index in [-0.39, 0.29) is 10.6 Å². The number of hydrogen-bond donors (Lipinski definition) is 0. The van der Waals surface area contributed by atoms with E-state index in [0.29, 0.717) is 5.56 Å². The summed E-state index contributed by atoms with van der Waals surface area (Å²) in [5.74, 6) is 0. The van der Waals surface area contributed by atoms with Gasteiger partial charge in [0.2, 0.25) is 0 Å². The van der Waals surface area contributed by atoms with E-state index in [0.717, 1.165) is 18.4 Å². The van der Waals surface area contributed by atoms with Gasteiger partial charge in [-0.3, -0.25) is 10.1 Å².